The quantitative estimate of drug-likeness (QED) is 0.270. The Morgan fingerprint density at radius 1 is 0.949 bits per heavy atom. The molecule has 0 atom stereocenters. The number of benzene rings is 3. The third-order valence-corrected chi connectivity index (χ3v) is 5.54. The van der Waals surface area contributed by atoms with Crippen molar-refractivity contribution in [1.82, 2.24) is 5.32 Å². The van der Waals surface area contributed by atoms with Gasteiger partial charge >= 0.3 is 12.1 Å². The molecule has 10 heteroatoms. The van der Waals surface area contributed by atoms with Gasteiger partial charge in [0.1, 0.15) is 17.1 Å². The van der Waals surface area contributed by atoms with E-state index in [0.717, 1.165) is 5.56 Å². The number of ether oxygens (including phenoxy) is 2. The van der Waals surface area contributed by atoms with Crippen molar-refractivity contribution >= 4 is 35.3 Å². The summed E-state index contributed by atoms with van der Waals surface area (Å²) in [6.07, 6.45) is -1.10. The third-order valence-electron chi connectivity index (χ3n) is 5.31. The van der Waals surface area contributed by atoms with Crippen molar-refractivity contribution in [3.05, 3.63) is 82.9 Å². The van der Waals surface area contributed by atoms with Crippen LogP contribution in [0.15, 0.2) is 66.7 Å². The standard InChI is InChI=1S/C29H31ClN2O7/c1-29(2,3)39-28(37)31-17-20-5-4-6-23(15-20)38-25-16-21(30)9-12-24(25)32(26(34)13-14-27(35)36)18-19-7-10-22(33)11-8-19/h4-12,15-16,33H,13-14,17-18H2,1-3H3,(H,31,37)(H,35,36). The zero-order valence-electron chi connectivity index (χ0n) is 21.9. The lowest BCUT2D eigenvalue weighted by molar-refractivity contribution is -0.138. The van der Waals surface area contributed by atoms with E-state index in [1.54, 1.807) is 69.3 Å². The van der Waals surface area contributed by atoms with Crippen molar-refractivity contribution in [3.8, 4) is 17.2 Å². The molecule has 0 saturated heterocycles. The summed E-state index contributed by atoms with van der Waals surface area (Å²) in [5, 5.41) is 21.8. The number of amides is 2. The Hall–Kier alpha value is -4.24. The number of carbonyl (C=O) groups is 3. The third kappa shape index (κ3) is 9.54. The molecule has 39 heavy (non-hydrogen) atoms. The molecule has 0 aliphatic carbocycles. The zero-order chi connectivity index (χ0) is 28.6. The lowest BCUT2D eigenvalue weighted by atomic mass is 10.1. The van der Waals surface area contributed by atoms with Crippen LogP contribution in [-0.4, -0.2) is 33.8 Å². The minimum absolute atomic E-state index is 0.0825. The van der Waals surface area contributed by atoms with E-state index in [4.69, 9.17) is 26.2 Å². The van der Waals surface area contributed by atoms with E-state index in [1.807, 2.05) is 6.07 Å². The van der Waals surface area contributed by atoms with Crippen LogP contribution >= 0.6 is 11.6 Å². The molecule has 0 bridgehead atoms. The lowest BCUT2D eigenvalue weighted by Gasteiger charge is -2.25. The summed E-state index contributed by atoms with van der Waals surface area (Å²) in [5.74, 6) is -0.712. The molecule has 3 N–H and O–H groups in total. The number of aromatic hydroxyl groups is 1. The van der Waals surface area contributed by atoms with Crippen LogP contribution in [0.2, 0.25) is 5.02 Å². The topological polar surface area (TPSA) is 125 Å². The maximum absolute atomic E-state index is 13.2. The molecule has 0 aliphatic rings. The van der Waals surface area contributed by atoms with E-state index in [-0.39, 0.29) is 37.4 Å². The van der Waals surface area contributed by atoms with Crippen LogP contribution in [0.3, 0.4) is 0 Å². The van der Waals surface area contributed by atoms with Crippen LogP contribution in [0.5, 0.6) is 17.2 Å². The summed E-state index contributed by atoms with van der Waals surface area (Å²) in [7, 11) is 0. The highest BCUT2D eigenvalue weighted by molar-refractivity contribution is 6.30. The summed E-state index contributed by atoms with van der Waals surface area (Å²) in [5.41, 5.74) is 1.24. The Morgan fingerprint density at radius 3 is 2.33 bits per heavy atom. The summed E-state index contributed by atoms with van der Waals surface area (Å²) in [6, 6.07) is 18.2. The molecule has 0 spiro atoms. The van der Waals surface area contributed by atoms with Crippen LogP contribution in [0, 0.1) is 0 Å². The van der Waals surface area contributed by atoms with E-state index >= 15 is 0 Å². The minimum Gasteiger partial charge on any atom is -0.508 e. The van der Waals surface area contributed by atoms with E-state index in [9.17, 15) is 19.5 Å². The smallest absolute Gasteiger partial charge is 0.407 e. The number of carboxylic acids is 1. The van der Waals surface area contributed by atoms with Gasteiger partial charge in [0.05, 0.1) is 18.7 Å². The lowest BCUT2D eigenvalue weighted by Crippen LogP contribution is -2.32. The van der Waals surface area contributed by atoms with Crippen molar-refractivity contribution in [2.24, 2.45) is 0 Å². The average molecular weight is 555 g/mol. The van der Waals surface area contributed by atoms with Crippen molar-refractivity contribution in [1.29, 1.82) is 0 Å². The van der Waals surface area contributed by atoms with Crippen LogP contribution in [0.1, 0.15) is 44.7 Å². The number of phenols is 1. The maximum Gasteiger partial charge on any atom is 0.407 e. The number of carboxylic acid groups (broad SMARTS) is 1. The molecule has 206 valence electrons. The fourth-order valence-corrected chi connectivity index (χ4v) is 3.73. The molecule has 0 aromatic heterocycles. The normalized spacial score (nSPS) is 11.0. The number of anilines is 1. The van der Waals surface area contributed by atoms with Crippen LogP contribution in [0.4, 0.5) is 10.5 Å². The number of aliphatic carboxylic acids is 1. The van der Waals surface area contributed by atoms with Gasteiger partial charge in [0.2, 0.25) is 5.91 Å². The van der Waals surface area contributed by atoms with Gasteiger partial charge in [-0.25, -0.2) is 4.79 Å². The van der Waals surface area contributed by atoms with Crippen molar-refractivity contribution in [2.75, 3.05) is 4.90 Å². The van der Waals surface area contributed by atoms with Gasteiger partial charge in [0, 0.05) is 24.1 Å². The molecule has 9 nitrogen and oxygen atoms in total. The number of rotatable bonds is 10. The first-order chi connectivity index (χ1) is 18.4. The Kier molecular flexibility index (Phi) is 9.78. The van der Waals surface area contributed by atoms with Crippen molar-refractivity contribution < 1.29 is 34.1 Å². The van der Waals surface area contributed by atoms with E-state index in [0.29, 0.717) is 22.0 Å². The number of carbonyl (C=O) groups excluding carboxylic acids is 2. The summed E-state index contributed by atoms with van der Waals surface area (Å²) < 4.78 is 11.4. The van der Waals surface area contributed by atoms with Crippen LogP contribution in [-0.2, 0) is 27.4 Å². The second-order valence-electron chi connectivity index (χ2n) is 9.76. The Morgan fingerprint density at radius 2 is 1.67 bits per heavy atom. The van der Waals surface area contributed by atoms with Gasteiger partial charge in [-0.3, -0.25) is 9.59 Å². The fourth-order valence-electron chi connectivity index (χ4n) is 3.57. The van der Waals surface area contributed by atoms with Gasteiger partial charge in [-0.1, -0.05) is 35.9 Å². The molecule has 0 saturated carbocycles. The first-order valence-corrected chi connectivity index (χ1v) is 12.6. The number of hydrogen-bond acceptors (Lipinski definition) is 6. The van der Waals surface area contributed by atoms with Crippen molar-refractivity contribution in [2.45, 2.75) is 52.3 Å². The van der Waals surface area contributed by atoms with Gasteiger partial charge in [0.25, 0.3) is 0 Å². The summed E-state index contributed by atoms with van der Waals surface area (Å²) >= 11 is 6.27. The predicted molar refractivity (Wildman–Crippen MR) is 147 cm³/mol. The van der Waals surface area contributed by atoms with Gasteiger partial charge in [0.15, 0.2) is 5.75 Å². The summed E-state index contributed by atoms with van der Waals surface area (Å²) in [4.78, 5) is 37.8. The number of alkyl carbamates (subject to hydrolysis) is 1. The molecule has 0 aliphatic heterocycles. The van der Waals surface area contributed by atoms with Crippen LogP contribution in [0.25, 0.3) is 0 Å². The first-order valence-electron chi connectivity index (χ1n) is 12.2. The van der Waals surface area contributed by atoms with Crippen molar-refractivity contribution in [3.63, 3.8) is 0 Å². The second kappa shape index (κ2) is 13.0. The highest BCUT2D eigenvalue weighted by atomic mass is 35.5. The molecular formula is C29H31ClN2O7. The van der Waals surface area contributed by atoms with Gasteiger partial charge in [-0.05, 0) is 68.3 Å². The van der Waals surface area contributed by atoms with Crippen LogP contribution < -0.4 is 15.0 Å². The number of halogens is 1. The van der Waals surface area contributed by atoms with E-state index in [2.05, 4.69) is 5.32 Å². The molecule has 0 fully saturated rings. The first kappa shape index (κ1) is 29.3. The minimum atomic E-state index is -1.09. The number of hydrogen-bond donors (Lipinski definition) is 3. The number of nitrogens with zero attached hydrogens (tertiary/aromatic N) is 1. The number of phenolic OH excluding ortho intramolecular Hbond substituents is 1. The molecule has 3 rings (SSSR count). The highest BCUT2D eigenvalue weighted by Crippen LogP contribution is 2.36. The largest absolute Gasteiger partial charge is 0.508 e. The van der Waals surface area contributed by atoms with E-state index in [1.165, 1.54) is 17.0 Å². The Balaban J connectivity index is 1.87. The monoisotopic (exact) mass is 554 g/mol. The molecule has 0 radical (unpaired) electrons. The molecule has 2 amide bonds. The predicted octanol–water partition coefficient (Wildman–Crippen LogP) is 6.26. The van der Waals surface area contributed by atoms with Gasteiger partial charge in [-0.2, -0.15) is 0 Å². The molecule has 0 heterocycles. The average Bonchev–Trinajstić information content (AvgIpc) is 2.85. The Labute approximate surface area is 231 Å². The zero-order valence-corrected chi connectivity index (χ0v) is 22.7. The van der Waals surface area contributed by atoms with Gasteiger partial charge in [-0.15, -0.1) is 0 Å². The van der Waals surface area contributed by atoms with Gasteiger partial charge < -0.3 is 29.9 Å². The SMILES string of the molecule is CC(C)(C)OC(=O)NCc1cccc(Oc2cc(Cl)ccc2N(Cc2ccc(O)cc2)C(=O)CCC(=O)O)c1. The van der Waals surface area contributed by atoms with E-state index < -0.39 is 23.6 Å². The fraction of sp³-hybridized carbons (Fsp3) is 0.276. The molecule has 0 unspecified atom stereocenters. The number of nitrogens with one attached hydrogen (secondary N) is 1. The molecular weight excluding hydrogens is 524 g/mol. The molecule has 3 aromatic carbocycles. The summed E-state index contributed by atoms with van der Waals surface area (Å²) in [6.45, 7) is 5.65. The molecule has 3 aromatic rings. The second-order valence-corrected chi connectivity index (χ2v) is 10.2. The highest BCUT2D eigenvalue weighted by Gasteiger charge is 2.22. The maximum atomic E-state index is 13.2. The Bertz CT molecular complexity index is 1320.